The Morgan fingerprint density at radius 1 is 1.42 bits per heavy atom. The molecule has 0 unspecified atom stereocenters. The van der Waals surface area contributed by atoms with Crippen LogP contribution in [0.4, 0.5) is 0 Å². The van der Waals surface area contributed by atoms with E-state index in [9.17, 15) is 4.79 Å². The molecule has 1 aliphatic rings. The maximum absolute atomic E-state index is 11.0. The number of carboxylic acids is 1. The van der Waals surface area contributed by atoms with E-state index in [2.05, 4.69) is 15.9 Å². The molecule has 0 aliphatic carbocycles. The molecule has 0 aromatic heterocycles. The maximum atomic E-state index is 11.0. The summed E-state index contributed by atoms with van der Waals surface area (Å²) in [7, 11) is 1.49. The molecule has 1 fully saturated rings. The van der Waals surface area contributed by atoms with Gasteiger partial charge in [-0.2, -0.15) is 0 Å². The van der Waals surface area contributed by atoms with E-state index in [4.69, 9.17) is 19.3 Å². The molecule has 0 saturated carbocycles. The quantitative estimate of drug-likeness (QED) is 0.919. The number of halogens is 1. The Morgan fingerprint density at radius 3 is 2.68 bits per heavy atom. The third-order valence-corrected chi connectivity index (χ3v) is 3.52. The Bertz CT molecular complexity index is 468. The smallest absolute Gasteiger partial charge is 0.335 e. The highest BCUT2D eigenvalue weighted by atomic mass is 79.9. The van der Waals surface area contributed by atoms with E-state index in [1.54, 1.807) is 0 Å². The highest BCUT2D eigenvalue weighted by Crippen LogP contribution is 2.38. The van der Waals surface area contributed by atoms with Gasteiger partial charge in [-0.1, -0.05) is 0 Å². The molecule has 0 atom stereocenters. The molecule has 104 valence electrons. The zero-order valence-electron chi connectivity index (χ0n) is 10.5. The topological polar surface area (TPSA) is 65.0 Å². The molecule has 19 heavy (non-hydrogen) atoms. The van der Waals surface area contributed by atoms with Crippen LogP contribution >= 0.6 is 15.9 Å². The minimum atomic E-state index is -1.00. The first kappa shape index (κ1) is 14.1. The van der Waals surface area contributed by atoms with Crippen LogP contribution in [0.15, 0.2) is 16.6 Å². The molecule has 0 amide bonds. The van der Waals surface area contributed by atoms with Crippen molar-refractivity contribution in [2.45, 2.75) is 18.9 Å². The van der Waals surface area contributed by atoms with Crippen LogP contribution in [0.5, 0.6) is 11.5 Å². The molecule has 1 aromatic carbocycles. The number of rotatable bonds is 4. The number of carboxylic acid groups (broad SMARTS) is 1. The number of hydrogen-bond acceptors (Lipinski definition) is 4. The van der Waals surface area contributed by atoms with Crippen molar-refractivity contribution < 1.29 is 24.1 Å². The number of hydrogen-bond donors (Lipinski definition) is 1. The standard InChI is InChI=1S/C13H15BrO5/c1-17-11-7-8(13(15)16)6-10(14)12(11)19-9-2-4-18-5-3-9/h6-7,9H,2-5H2,1H3,(H,15,16). The molecule has 1 N–H and O–H groups in total. The molecular formula is C13H15BrO5. The van der Waals surface area contributed by atoms with Crippen molar-refractivity contribution >= 4 is 21.9 Å². The van der Waals surface area contributed by atoms with Gasteiger partial charge in [-0.3, -0.25) is 0 Å². The summed E-state index contributed by atoms with van der Waals surface area (Å²) in [6, 6.07) is 2.97. The second-order valence-corrected chi connectivity index (χ2v) is 5.08. The van der Waals surface area contributed by atoms with Crippen LogP contribution < -0.4 is 9.47 Å². The Morgan fingerprint density at radius 2 is 2.11 bits per heavy atom. The first-order chi connectivity index (χ1) is 9.11. The highest BCUT2D eigenvalue weighted by molar-refractivity contribution is 9.10. The van der Waals surface area contributed by atoms with Crippen LogP contribution in [0.3, 0.4) is 0 Å². The van der Waals surface area contributed by atoms with Crippen molar-refractivity contribution in [2.75, 3.05) is 20.3 Å². The van der Waals surface area contributed by atoms with E-state index in [1.165, 1.54) is 19.2 Å². The summed E-state index contributed by atoms with van der Waals surface area (Å²) in [5, 5.41) is 9.01. The minimum Gasteiger partial charge on any atom is -0.493 e. The Kier molecular flexibility index (Phi) is 4.66. The lowest BCUT2D eigenvalue weighted by atomic mass is 10.1. The van der Waals surface area contributed by atoms with E-state index in [-0.39, 0.29) is 11.7 Å². The van der Waals surface area contributed by atoms with Crippen molar-refractivity contribution in [3.8, 4) is 11.5 Å². The fraction of sp³-hybridized carbons (Fsp3) is 0.462. The van der Waals surface area contributed by atoms with E-state index in [1.807, 2.05) is 0 Å². The van der Waals surface area contributed by atoms with Crippen molar-refractivity contribution in [3.05, 3.63) is 22.2 Å². The number of ether oxygens (including phenoxy) is 3. The third kappa shape index (κ3) is 3.39. The van der Waals surface area contributed by atoms with Crippen molar-refractivity contribution in [1.82, 2.24) is 0 Å². The van der Waals surface area contributed by atoms with Crippen LogP contribution in [0.2, 0.25) is 0 Å². The van der Waals surface area contributed by atoms with Gasteiger partial charge in [0.2, 0.25) is 0 Å². The van der Waals surface area contributed by atoms with Gasteiger partial charge in [-0.05, 0) is 28.1 Å². The fourth-order valence-electron chi connectivity index (χ4n) is 1.92. The monoisotopic (exact) mass is 330 g/mol. The van der Waals surface area contributed by atoms with E-state index in [0.717, 1.165) is 12.8 Å². The molecule has 5 nitrogen and oxygen atoms in total. The van der Waals surface area contributed by atoms with E-state index in [0.29, 0.717) is 29.2 Å². The lowest BCUT2D eigenvalue weighted by Crippen LogP contribution is -2.26. The molecule has 0 bridgehead atoms. The molecule has 1 saturated heterocycles. The van der Waals surface area contributed by atoms with Crippen LogP contribution in [-0.2, 0) is 4.74 Å². The predicted molar refractivity (Wildman–Crippen MR) is 72.1 cm³/mol. The summed E-state index contributed by atoms with van der Waals surface area (Å²) in [4.78, 5) is 11.0. The lowest BCUT2D eigenvalue weighted by Gasteiger charge is -2.25. The molecular weight excluding hydrogens is 316 g/mol. The molecule has 0 spiro atoms. The zero-order valence-corrected chi connectivity index (χ0v) is 12.1. The van der Waals surface area contributed by atoms with Crippen LogP contribution in [0, 0.1) is 0 Å². The second-order valence-electron chi connectivity index (χ2n) is 4.22. The number of benzene rings is 1. The summed E-state index contributed by atoms with van der Waals surface area (Å²) in [6.07, 6.45) is 1.70. The van der Waals surface area contributed by atoms with Gasteiger partial charge in [-0.25, -0.2) is 4.79 Å². The summed E-state index contributed by atoms with van der Waals surface area (Å²) in [5.41, 5.74) is 0.156. The Labute approximate surface area is 119 Å². The number of methoxy groups -OCH3 is 1. The third-order valence-electron chi connectivity index (χ3n) is 2.93. The Balaban J connectivity index is 2.25. The molecule has 1 aromatic rings. The van der Waals surface area contributed by atoms with Crippen molar-refractivity contribution in [1.29, 1.82) is 0 Å². The minimum absolute atomic E-state index is 0.0645. The molecule has 1 heterocycles. The molecule has 6 heteroatoms. The van der Waals surface area contributed by atoms with Gasteiger partial charge in [0, 0.05) is 12.8 Å². The number of carbonyl (C=O) groups is 1. The van der Waals surface area contributed by atoms with Crippen molar-refractivity contribution in [3.63, 3.8) is 0 Å². The van der Waals surface area contributed by atoms with Gasteiger partial charge in [0.25, 0.3) is 0 Å². The summed E-state index contributed by atoms with van der Waals surface area (Å²) in [5.74, 6) is -0.0470. The van der Waals surface area contributed by atoms with Gasteiger partial charge >= 0.3 is 5.97 Å². The van der Waals surface area contributed by atoms with Crippen LogP contribution in [-0.4, -0.2) is 37.5 Å². The normalized spacial score (nSPS) is 16.1. The van der Waals surface area contributed by atoms with Crippen LogP contribution in [0.25, 0.3) is 0 Å². The molecule has 1 aliphatic heterocycles. The highest BCUT2D eigenvalue weighted by Gasteiger charge is 2.21. The average Bonchev–Trinajstić information content (AvgIpc) is 2.41. The SMILES string of the molecule is COc1cc(C(=O)O)cc(Br)c1OC1CCOCC1. The fourth-order valence-corrected chi connectivity index (χ4v) is 2.45. The first-order valence-corrected chi connectivity index (χ1v) is 6.76. The van der Waals surface area contributed by atoms with Gasteiger partial charge in [-0.15, -0.1) is 0 Å². The number of aromatic carboxylic acids is 1. The van der Waals surface area contributed by atoms with Gasteiger partial charge in [0.15, 0.2) is 11.5 Å². The van der Waals surface area contributed by atoms with Gasteiger partial charge in [0.05, 0.1) is 30.4 Å². The zero-order chi connectivity index (χ0) is 13.8. The second kappa shape index (κ2) is 6.25. The molecule has 0 radical (unpaired) electrons. The summed E-state index contributed by atoms with van der Waals surface area (Å²) in [6.45, 7) is 1.36. The maximum Gasteiger partial charge on any atom is 0.335 e. The largest absolute Gasteiger partial charge is 0.493 e. The summed E-state index contributed by atoms with van der Waals surface area (Å²) >= 11 is 3.33. The van der Waals surface area contributed by atoms with E-state index < -0.39 is 5.97 Å². The predicted octanol–water partition coefficient (Wildman–Crippen LogP) is 2.71. The Hall–Kier alpha value is -1.27. The van der Waals surface area contributed by atoms with Crippen LogP contribution in [0.1, 0.15) is 23.2 Å². The van der Waals surface area contributed by atoms with E-state index >= 15 is 0 Å². The molecule has 2 rings (SSSR count). The van der Waals surface area contributed by atoms with Gasteiger partial charge < -0.3 is 19.3 Å². The van der Waals surface area contributed by atoms with Gasteiger partial charge in [0.1, 0.15) is 6.10 Å². The summed E-state index contributed by atoms with van der Waals surface area (Å²) < 4.78 is 17.0. The average molecular weight is 331 g/mol. The first-order valence-electron chi connectivity index (χ1n) is 5.97. The lowest BCUT2D eigenvalue weighted by molar-refractivity contribution is 0.0242. The van der Waals surface area contributed by atoms with Crippen molar-refractivity contribution in [2.24, 2.45) is 0 Å².